The van der Waals surface area contributed by atoms with Crippen LogP contribution < -0.4 is 5.32 Å². The number of aliphatic carboxylic acids is 1. The van der Waals surface area contributed by atoms with Gasteiger partial charge in [0, 0.05) is 23.0 Å². The summed E-state index contributed by atoms with van der Waals surface area (Å²) < 4.78 is 34.4. The van der Waals surface area contributed by atoms with Crippen LogP contribution in [0.2, 0.25) is 10.0 Å². The number of anilines is 1. The van der Waals surface area contributed by atoms with Gasteiger partial charge in [-0.05, 0) is 19.1 Å². The van der Waals surface area contributed by atoms with Gasteiger partial charge in [-0.2, -0.15) is 0 Å². The van der Waals surface area contributed by atoms with E-state index in [0.29, 0.717) is 0 Å². The van der Waals surface area contributed by atoms with E-state index in [0.717, 1.165) is 4.90 Å². The standard InChI is InChI=1S/C20H18Cl2F2N2O5/c1-3-4-31-17(30)18(2)12-7-19(23,24)8-26(12)20(14(18)15(27)28)10-5-9(21)6-11(22)13(10)25-16(20)29/h3,5-6,12,14H,1,4,7-8H2,2H3,(H,25,29)(H,27,28)/t12-,14+,18+,20?/m1/s1. The Hall–Kier alpha value is -2.23. The van der Waals surface area contributed by atoms with Crippen molar-refractivity contribution in [3.05, 3.63) is 40.4 Å². The number of benzene rings is 1. The van der Waals surface area contributed by atoms with E-state index >= 15 is 0 Å². The summed E-state index contributed by atoms with van der Waals surface area (Å²) in [5.41, 5.74) is -3.96. The maximum Gasteiger partial charge on any atom is 0.314 e. The van der Waals surface area contributed by atoms with Crippen molar-refractivity contribution in [2.75, 3.05) is 18.5 Å². The molecule has 1 aromatic carbocycles. The van der Waals surface area contributed by atoms with Gasteiger partial charge in [0.05, 0.1) is 22.7 Å². The predicted molar refractivity (Wildman–Crippen MR) is 107 cm³/mol. The summed E-state index contributed by atoms with van der Waals surface area (Å²) in [4.78, 5) is 40.2. The molecule has 1 aromatic rings. The Balaban J connectivity index is 2.03. The van der Waals surface area contributed by atoms with Gasteiger partial charge in [0.1, 0.15) is 18.1 Å². The lowest BCUT2D eigenvalue weighted by molar-refractivity contribution is -0.167. The Kier molecular flexibility index (Phi) is 4.88. The quantitative estimate of drug-likeness (QED) is 0.513. The van der Waals surface area contributed by atoms with Gasteiger partial charge in [0.15, 0.2) is 0 Å². The van der Waals surface area contributed by atoms with Crippen molar-refractivity contribution in [1.82, 2.24) is 4.90 Å². The molecule has 4 atom stereocenters. The maximum absolute atomic E-state index is 14.6. The van der Waals surface area contributed by atoms with E-state index in [9.17, 15) is 28.3 Å². The first-order chi connectivity index (χ1) is 14.4. The largest absolute Gasteiger partial charge is 0.481 e. The first-order valence-corrected chi connectivity index (χ1v) is 10.1. The van der Waals surface area contributed by atoms with E-state index in [1.807, 2.05) is 0 Å². The number of hydrogen-bond donors (Lipinski definition) is 2. The Morgan fingerprint density at radius 3 is 2.71 bits per heavy atom. The molecule has 1 spiro atoms. The number of fused-ring (bicyclic) bond motifs is 4. The molecule has 3 aliphatic heterocycles. The summed E-state index contributed by atoms with van der Waals surface area (Å²) in [6.45, 7) is 3.54. The highest BCUT2D eigenvalue weighted by Gasteiger charge is 2.79. The average molecular weight is 475 g/mol. The number of nitrogens with one attached hydrogen (secondary N) is 1. The second-order valence-electron chi connectivity index (χ2n) is 8.18. The number of carbonyl (C=O) groups excluding carboxylic acids is 2. The molecular weight excluding hydrogens is 457 g/mol. The summed E-state index contributed by atoms with van der Waals surface area (Å²) in [6.07, 6.45) is 0.467. The van der Waals surface area contributed by atoms with Gasteiger partial charge in [0.25, 0.3) is 11.8 Å². The predicted octanol–water partition coefficient (Wildman–Crippen LogP) is 3.30. The van der Waals surface area contributed by atoms with E-state index in [1.54, 1.807) is 0 Å². The van der Waals surface area contributed by atoms with Crippen LogP contribution in [0.1, 0.15) is 18.9 Å². The van der Waals surface area contributed by atoms with Gasteiger partial charge in [-0.25, -0.2) is 8.78 Å². The van der Waals surface area contributed by atoms with Crippen LogP contribution in [0.25, 0.3) is 0 Å². The highest BCUT2D eigenvalue weighted by Crippen LogP contribution is 2.65. The van der Waals surface area contributed by atoms with E-state index < -0.39 is 59.6 Å². The topological polar surface area (TPSA) is 95.9 Å². The van der Waals surface area contributed by atoms with E-state index in [4.69, 9.17) is 27.9 Å². The molecule has 3 heterocycles. The molecule has 3 aliphatic rings. The molecule has 0 aliphatic carbocycles. The normalized spacial score (nSPS) is 33.1. The fourth-order valence-corrected chi connectivity index (χ4v) is 5.94. The van der Waals surface area contributed by atoms with Crippen LogP contribution in [-0.2, 0) is 24.7 Å². The Morgan fingerprint density at radius 1 is 1.42 bits per heavy atom. The highest BCUT2D eigenvalue weighted by molar-refractivity contribution is 6.38. The van der Waals surface area contributed by atoms with Gasteiger partial charge in [0.2, 0.25) is 0 Å². The zero-order valence-electron chi connectivity index (χ0n) is 16.3. The van der Waals surface area contributed by atoms with Gasteiger partial charge < -0.3 is 15.2 Å². The molecule has 11 heteroatoms. The minimum absolute atomic E-state index is 0.0298. The molecule has 2 fully saturated rings. The molecule has 2 N–H and O–H groups in total. The number of carboxylic acids is 1. The number of halogens is 4. The molecule has 4 rings (SSSR count). The van der Waals surface area contributed by atoms with Crippen LogP contribution in [0.15, 0.2) is 24.8 Å². The number of hydrogen-bond acceptors (Lipinski definition) is 5. The van der Waals surface area contributed by atoms with Crippen LogP contribution >= 0.6 is 23.2 Å². The second kappa shape index (κ2) is 6.88. The smallest absolute Gasteiger partial charge is 0.314 e. The second-order valence-corrected chi connectivity index (χ2v) is 9.02. The van der Waals surface area contributed by atoms with Crippen LogP contribution in [-0.4, -0.2) is 53.0 Å². The number of nitrogens with zero attached hydrogens (tertiary/aromatic N) is 1. The average Bonchev–Trinajstić information content (AvgIpc) is 3.21. The Bertz CT molecular complexity index is 1040. The molecule has 7 nitrogen and oxygen atoms in total. The van der Waals surface area contributed by atoms with E-state index in [1.165, 1.54) is 25.1 Å². The summed E-state index contributed by atoms with van der Waals surface area (Å²) in [7, 11) is 0. The van der Waals surface area contributed by atoms with Crippen LogP contribution in [0.3, 0.4) is 0 Å². The number of ether oxygens (including phenoxy) is 1. The number of carboxylic acid groups (broad SMARTS) is 1. The number of amides is 1. The highest BCUT2D eigenvalue weighted by atomic mass is 35.5. The number of esters is 1. The monoisotopic (exact) mass is 474 g/mol. The molecule has 166 valence electrons. The van der Waals surface area contributed by atoms with Crippen molar-refractivity contribution in [1.29, 1.82) is 0 Å². The summed E-state index contributed by atoms with van der Waals surface area (Å²) >= 11 is 12.3. The molecule has 0 saturated carbocycles. The SMILES string of the molecule is C=CCOC(=O)[C@]1(C)[C@H](C(=O)O)C2(C(=O)Nc3c(Cl)cc(Cl)cc32)N2CC(F)(F)C[C@@H]21. The van der Waals surface area contributed by atoms with Crippen molar-refractivity contribution >= 4 is 46.7 Å². The summed E-state index contributed by atoms with van der Waals surface area (Å²) in [5, 5.41) is 12.9. The first kappa shape index (κ1) is 22.0. The Labute approximate surface area is 185 Å². The molecule has 31 heavy (non-hydrogen) atoms. The molecule has 1 amide bonds. The zero-order chi connectivity index (χ0) is 22.9. The van der Waals surface area contributed by atoms with Crippen molar-refractivity contribution in [2.24, 2.45) is 11.3 Å². The molecule has 0 radical (unpaired) electrons. The first-order valence-electron chi connectivity index (χ1n) is 9.37. The molecule has 0 aromatic heterocycles. The van der Waals surface area contributed by atoms with Crippen molar-refractivity contribution in [3.63, 3.8) is 0 Å². The molecular formula is C20H18Cl2F2N2O5. The molecule has 0 bridgehead atoms. The fourth-order valence-electron chi connectivity index (χ4n) is 5.40. The lowest BCUT2D eigenvalue weighted by atomic mass is 9.65. The van der Waals surface area contributed by atoms with E-state index in [-0.39, 0.29) is 27.9 Å². The van der Waals surface area contributed by atoms with Crippen LogP contribution in [0.4, 0.5) is 14.5 Å². The summed E-state index contributed by atoms with van der Waals surface area (Å²) in [5.74, 6) is -8.36. The maximum atomic E-state index is 14.6. The summed E-state index contributed by atoms with van der Waals surface area (Å²) in [6, 6.07) is 1.39. The van der Waals surface area contributed by atoms with Gasteiger partial charge >= 0.3 is 11.9 Å². The molecule has 1 unspecified atom stereocenters. The minimum Gasteiger partial charge on any atom is -0.481 e. The van der Waals surface area contributed by atoms with Crippen LogP contribution in [0, 0.1) is 11.3 Å². The third kappa shape index (κ3) is 2.76. The van der Waals surface area contributed by atoms with E-state index in [2.05, 4.69) is 11.9 Å². The van der Waals surface area contributed by atoms with Gasteiger partial charge in [-0.3, -0.25) is 19.3 Å². The number of rotatable bonds is 4. The van der Waals surface area contributed by atoms with Crippen molar-refractivity contribution in [2.45, 2.75) is 30.8 Å². The van der Waals surface area contributed by atoms with Gasteiger partial charge in [-0.15, -0.1) is 0 Å². The van der Waals surface area contributed by atoms with Gasteiger partial charge in [-0.1, -0.05) is 35.9 Å². The lowest BCUT2D eigenvalue weighted by Crippen LogP contribution is -2.55. The third-order valence-corrected chi connectivity index (χ3v) is 7.02. The van der Waals surface area contributed by atoms with Crippen molar-refractivity contribution < 1.29 is 33.0 Å². The fraction of sp³-hybridized carbons (Fsp3) is 0.450. The Morgan fingerprint density at radius 2 is 2.10 bits per heavy atom. The van der Waals surface area contributed by atoms with Crippen LogP contribution in [0.5, 0.6) is 0 Å². The molecule has 2 saturated heterocycles. The third-order valence-electron chi connectivity index (χ3n) is 6.50. The lowest BCUT2D eigenvalue weighted by Gasteiger charge is -2.37. The number of carbonyl (C=O) groups is 3. The minimum atomic E-state index is -3.26. The van der Waals surface area contributed by atoms with Crippen molar-refractivity contribution in [3.8, 4) is 0 Å². The number of alkyl halides is 2. The zero-order valence-corrected chi connectivity index (χ0v) is 17.8.